The molecule has 3 heterocycles. The van der Waals surface area contributed by atoms with E-state index in [2.05, 4.69) is 38.5 Å². The van der Waals surface area contributed by atoms with Crippen molar-refractivity contribution in [2.24, 2.45) is 0 Å². The molecule has 3 N–H and O–H groups in total. The van der Waals surface area contributed by atoms with Crippen LogP contribution in [0.3, 0.4) is 0 Å². The van der Waals surface area contributed by atoms with Gasteiger partial charge < -0.3 is 20.2 Å². The molecule has 2 unspecified atom stereocenters. The minimum atomic E-state index is -2.45. The predicted molar refractivity (Wildman–Crippen MR) is 119 cm³/mol. The molecule has 172 valence electrons. The van der Waals surface area contributed by atoms with Crippen molar-refractivity contribution in [1.82, 2.24) is 30.4 Å². The van der Waals surface area contributed by atoms with Crippen molar-refractivity contribution in [2.45, 2.75) is 44.7 Å². The van der Waals surface area contributed by atoms with Crippen LogP contribution in [0.5, 0.6) is 0 Å². The van der Waals surface area contributed by atoms with Crippen molar-refractivity contribution in [2.75, 3.05) is 31.6 Å². The Hall–Kier alpha value is -3.01. The number of nitrogens with one attached hydrogen (secondary N) is 3. The number of alkyl halides is 2. The first-order valence-electron chi connectivity index (χ1n) is 11.0. The zero-order valence-electron chi connectivity index (χ0n) is 18.3. The minimum Gasteiger partial charge on any atom is -0.361 e. The van der Waals surface area contributed by atoms with Crippen LogP contribution >= 0.6 is 0 Å². The Labute approximate surface area is 185 Å². The van der Waals surface area contributed by atoms with Gasteiger partial charge in [0.25, 0.3) is 12.3 Å². The van der Waals surface area contributed by atoms with E-state index in [-0.39, 0.29) is 24.3 Å². The normalized spacial score (nSPS) is 18.4. The van der Waals surface area contributed by atoms with Gasteiger partial charge in [-0.25, -0.2) is 8.78 Å². The molecule has 0 aliphatic carbocycles. The molecule has 0 bridgehead atoms. The fraction of sp³-hybridized carbons (Fsp3) is 0.500. The van der Waals surface area contributed by atoms with Crippen LogP contribution in [-0.2, 0) is 6.42 Å². The molecule has 1 aromatic carbocycles. The van der Waals surface area contributed by atoms with Gasteiger partial charge in [0.15, 0.2) is 0 Å². The summed E-state index contributed by atoms with van der Waals surface area (Å²) in [5, 5.41) is 12.2. The number of piperazine rings is 1. The van der Waals surface area contributed by atoms with Crippen LogP contribution in [0.15, 0.2) is 30.5 Å². The van der Waals surface area contributed by atoms with Crippen LogP contribution in [-0.4, -0.2) is 76.2 Å². The van der Waals surface area contributed by atoms with E-state index < -0.39 is 12.5 Å². The molecule has 3 aromatic rings. The van der Waals surface area contributed by atoms with Gasteiger partial charge in [0, 0.05) is 42.8 Å². The van der Waals surface area contributed by atoms with Gasteiger partial charge in [0.2, 0.25) is 11.8 Å². The number of halogens is 2. The first-order chi connectivity index (χ1) is 15.5. The van der Waals surface area contributed by atoms with Gasteiger partial charge in [-0.3, -0.25) is 9.69 Å². The third-order valence-corrected chi connectivity index (χ3v) is 6.09. The lowest BCUT2D eigenvalue weighted by Crippen LogP contribution is -2.54. The van der Waals surface area contributed by atoms with Crippen molar-refractivity contribution in [1.29, 1.82) is 0 Å². The highest BCUT2D eigenvalue weighted by molar-refractivity contribution is 5.91. The summed E-state index contributed by atoms with van der Waals surface area (Å²) in [6, 6.07) is 7.14. The Balaban J connectivity index is 1.42. The second-order valence-corrected chi connectivity index (χ2v) is 8.35. The third-order valence-electron chi connectivity index (χ3n) is 6.09. The molecule has 1 fully saturated rings. The minimum absolute atomic E-state index is 0.0629. The van der Waals surface area contributed by atoms with Crippen molar-refractivity contribution in [3.8, 4) is 0 Å². The number of anilines is 1. The lowest BCUT2D eigenvalue weighted by molar-refractivity contribution is 0.0322. The van der Waals surface area contributed by atoms with E-state index in [0.717, 1.165) is 29.3 Å². The molecule has 2 aromatic heterocycles. The molecule has 0 spiro atoms. The summed E-state index contributed by atoms with van der Waals surface area (Å²) < 4.78 is 26.6. The molecule has 32 heavy (non-hydrogen) atoms. The highest BCUT2D eigenvalue weighted by atomic mass is 19.3. The number of aromatic nitrogens is 4. The molecule has 4 rings (SSSR count). The Kier molecular flexibility index (Phi) is 6.69. The second-order valence-electron chi connectivity index (χ2n) is 8.35. The number of carbonyl (C=O) groups excluding carboxylic acids is 1. The highest BCUT2D eigenvalue weighted by Gasteiger charge is 2.32. The lowest BCUT2D eigenvalue weighted by atomic mass is 10.0. The van der Waals surface area contributed by atoms with Crippen molar-refractivity contribution < 1.29 is 13.6 Å². The van der Waals surface area contributed by atoms with Crippen LogP contribution in [0.1, 0.15) is 35.9 Å². The van der Waals surface area contributed by atoms with E-state index in [1.165, 1.54) is 0 Å². The number of hydrogen-bond acceptors (Lipinski definition) is 5. The Morgan fingerprint density at radius 1 is 1.28 bits per heavy atom. The Morgan fingerprint density at radius 3 is 2.88 bits per heavy atom. The summed E-state index contributed by atoms with van der Waals surface area (Å²) in [6.07, 6.45) is 1.97. The third kappa shape index (κ3) is 4.74. The largest absolute Gasteiger partial charge is 0.361 e. The van der Waals surface area contributed by atoms with Crippen molar-refractivity contribution >= 4 is 22.8 Å². The van der Waals surface area contributed by atoms with Gasteiger partial charge in [0.05, 0.1) is 6.04 Å². The SMILES string of the molecule is CCCC(Cc1c[nH]c2ccccc12)NC(=O)c1nnc(N2CCN(C)C(C(F)F)C2)[nH]1. The number of likely N-dealkylation sites (N-methyl/N-ethyl adjacent to an activating group) is 1. The van der Waals surface area contributed by atoms with Crippen LogP contribution < -0.4 is 10.2 Å². The van der Waals surface area contributed by atoms with Crippen molar-refractivity contribution in [3.05, 3.63) is 41.9 Å². The molecule has 1 amide bonds. The first kappa shape index (κ1) is 22.2. The van der Waals surface area contributed by atoms with E-state index in [1.807, 2.05) is 24.4 Å². The van der Waals surface area contributed by atoms with Crippen LogP contribution in [0, 0.1) is 0 Å². The number of para-hydroxylation sites is 1. The summed E-state index contributed by atoms with van der Waals surface area (Å²) in [4.78, 5) is 22.4. The number of carbonyl (C=O) groups is 1. The molecule has 2 atom stereocenters. The van der Waals surface area contributed by atoms with Gasteiger partial charge in [-0.05, 0) is 31.5 Å². The van der Waals surface area contributed by atoms with E-state index >= 15 is 0 Å². The average Bonchev–Trinajstić information content (AvgIpc) is 3.42. The van der Waals surface area contributed by atoms with E-state index in [9.17, 15) is 13.6 Å². The molecular weight excluding hydrogens is 416 g/mol. The van der Waals surface area contributed by atoms with Crippen LogP contribution in [0.2, 0.25) is 0 Å². The molecule has 10 heteroatoms. The molecule has 1 aliphatic rings. The van der Waals surface area contributed by atoms with E-state index in [0.29, 0.717) is 25.5 Å². The molecule has 8 nitrogen and oxygen atoms in total. The Morgan fingerprint density at radius 2 is 2.09 bits per heavy atom. The molecule has 1 saturated heterocycles. The summed E-state index contributed by atoms with van der Waals surface area (Å²) in [6.45, 7) is 3.23. The summed E-state index contributed by atoms with van der Waals surface area (Å²) >= 11 is 0. The number of H-pyrrole nitrogens is 2. The molecule has 0 radical (unpaired) electrons. The number of hydrogen-bond donors (Lipinski definition) is 3. The number of rotatable bonds is 8. The maximum Gasteiger partial charge on any atom is 0.289 e. The monoisotopic (exact) mass is 445 g/mol. The molecular formula is C22H29F2N7O. The van der Waals surface area contributed by atoms with E-state index in [1.54, 1.807) is 16.8 Å². The van der Waals surface area contributed by atoms with Crippen LogP contribution in [0.4, 0.5) is 14.7 Å². The number of aromatic amines is 2. The Bertz CT molecular complexity index is 1050. The summed E-state index contributed by atoms with van der Waals surface area (Å²) in [7, 11) is 1.69. The molecule has 0 saturated carbocycles. The maximum absolute atomic E-state index is 13.3. The number of benzene rings is 1. The lowest BCUT2D eigenvalue weighted by Gasteiger charge is -2.38. The zero-order valence-corrected chi connectivity index (χ0v) is 18.3. The van der Waals surface area contributed by atoms with Gasteiger partial charge in [-0.2, -0.15) is 0 Å². The predicted octanol–water partition coefficient (Wildman–Crippen LogP) is 2.81. The average molecular weight is 446 g/mol. The molecule has 1 aliphatic heterocycles. The number of amides is 1. The first-order valence-corrected chi connectivity index (χ1v) is 11.0. The topological polar surface area (TPSA) is 92.9 Å². The van der Waals surface area contributed by atoms with Crippen LogP contribution in [0.25, 0.3) is 10.9 Å². The fourth-order valence-electron chi connectivity index (χ4n) is 4.26. The quantitative estimate of drug-likeness (QED) is 0.496. The van der Waals surface area contributed by atoms with E-state index in [4.69, 9.17) is 0 Å². The van der Waals surface area contributed by atoms with Crippen molar-refractivity contribution in [3.63, 3.8) is 0 Å². The van der Waals surface area contributed by atoms with Gasteiger partial charge in [0.1, 0.15) is 0 Å². The zero-order chi connectivity index (χ0) is 22.7. The number of fused-ring (bicyclic) bond motifs is 1. The van der Waals surface area contributed by atoms with Gasteiger partial charge >= 0.3 is 0 Å². The number of nitrogens with zero attached hydrogens (tertiary/aromatic N) is 4. The standard InChI is InChI=1S/C22H29F2N7O/c1-3-6-15(11-14-12-25-17-8-5-4-7-16(14)17)26-21(32)20-27-22(29-28-20)31-10-9-30(2)18(13-31)19(23)24/h4-5,7-8,12,15,18-19,25H,3,6,9-11,13H2,1-2H3,(H,26,32)(H,27,28,29). The maximum atomic E-state index is 13.3. The second kappa shape index (κ2) is 9.64. The summed E-state index contributed by atoms with van der Waals surface area (Å²) in [5.41, 5.74) is 2.21. The smallest absolute Gasteiger partial charge is 0.289 e. The highest BCUT2D eigenvalue weighted by Crippen LogP contribution is 2.21. The van der Waals surface area contributed by atoms with Gasteiger partial charge in [-0.15, -0.1) is 10.2 Å². The fourth-order valence-corrected chi connectivity index (χ4v) is 4.26. The summed E-state index contributed by atoms with van der Waals surface area (Å²) in [5.74, 6) is 0.0895. The van der Waals surface area contributed by atoms with Gasteiger partial charge in [-0.1, -0.05) is 31.5 Å².